The summed E-state index contributed by atoms with van der Waals surface area (Å²) in [5.74, 6) is 1.70. The summed E-state index contributed by atoms with van der Waals surface area (Å²) in [6.07, 6.45) is 2.35. The Morgan fingerprint density at radius 3 is 2.72 bits per heavy atom. The van der Waals surface area contributed by atoms with Gasteiger partial charge in [0.25, 0.3) is 0 Å². The number of rotatable bonds is 4. The molecule has 18 heavy (non-hydrogen) atoms. The molecule has 1 N–H and O–H groups in total. The third-order valence-corrected chi connectivity index (χ3v) is 3.70. The molecule has 0 aliphatic rings. The first-order chi connectivity index (χ1) is 8.65. The SMILES string of the molecule is CCc1nc(NC)c(C)c(Sc2ncnn2C)n1. The van der Waals surface area contributed by atoms with Crippen molar-refractivity contribution in [2.75, 3.05) is 12.4 Å². The van der Waals surface area contributed by atoms with Gasteiger partial charge < -0.3 is 5.32 Å². The highest BCUT2D eigenvalue weighted by Gasteiger charge is 2.13. The highest BCUT2D eigenvalue weighted by molar-refractivity contribution is 7.99. The normalized spacial score (nSPS) is 10.7. The van der Waals surface area contributed by atoms with E-state index in [0.29, 0.717) is 0 Å². The Balaban J connectivity index is 2.40. The fourth-order valence-corrected chi connectivity index (χ4v) is 2.36. The maximum Gasteiger partial charge on any atom is 0.192 e. The van der Waals surface area contributed by atoms with E-state index in [1.54, 1.807) is 11.0 Å². The molecule has 0 aromatic carbocycles. The molecule has 0 unspecified atom stereocenters. The van der Waals surface area contributed by atoms with Crippen LogP contribution in [-0.4, -0.2) is 31.8 Å². The van der Waals surface area contributed by atoms with Crippen LogP contribution in [0.15, 0.2) is 16.5 Å². The minimum atomic E-state index is 0.807. The first kappa shape index (κ1) is 12.8. The molecule has 6 nitrogen and oxygen atoms in total. The fourth-order valence-electron chi connectivity index (χ4n) is 1.51. The summed E-state index contributed by atoms with van der Waals surface area (Å²) in [6.45, 7) is 4.05. The van der Waals surface area contributed by atoms with Crippen LogP contribution in [0, 0.1) is 6.92 Å². The molecular weight excluding hydrogens is 248 g/mol. The molecule has 0 radical (unpaired) electrons. The van der Waals surface area contributed by atoms with Crippen LogP contribution in [0.1, 0.15) is 18.3 Å². The van der Waals surface area contributed by atoms with Crippen LogP contribution in [0.2, 0.25) is 0 Å². The van der Waals surface area contributed by atoms with E-state index in [0.717, 1.165) is 33.8 Å². The van der Waals surface area contributed by atoms with Crippen molar-refractivity contribution in [2.45, 2.75) is 30.5 Å². The van der Waals surface area contributed by atoms with E-state index in [1.165, 1.54) is 11.8 Å². The predicted molar refractivity (Wildman–Crippen MR) is 70.8 cm³/mol. The second-order valence-corrected chi connectivity index (χ2v) is 4.75. The lowest BCUT2D eigenvalue weighted by Gasteiger charge is -2.10. The Labute approximate surface area is 110 Å². The number of hydrogen-bond donors (Lipinski definition) is 1. The Hall–Kier alpha value is -1.63. The zero-order chi connectivity index (χ0) is 13.1. The zero-order valence-corrected chi connectivity index (χ0v) is 11.7. The van der Waals surface area contributed by atoms with E-state index in [1.807, 2.05) is 27.9 Å². The van der Waals surface area contributed by atoms with Crippen LogP contribution in [0.4, 0.5) is 5.82 Å². The van der Waals surface area contributed by atoms with Gasteiger partial charge in [-0.3, -0.25) is 0 Å². The largest absolute Gasteiger partial charge is 0.373 e. The number of anilines is 1. The molecule has 0 bridgehead atoms. The average Bonchev–Trinajstić information content (AvgIpc) is 2.77. The highest BCUT2D eigenvalue weighted by atomic mass is 32.2. The summed E-state index contributed by atoms with van der Waals surface area (Å²) in [7, 11) is 3.73. The van der Waals surface area contributed by atoms with E-state index in [2.05, 4.69) is 25.4 Å². The van der Waals surface area contributed by atoms with Gasteiger partial charge in [0.05, 0.1) is 0 Å². The number of nitrogens with one attached hydrogen (secondary N) is 1. The summed E-state index contributed by atoms with van der Waals surface area (Å²) in [4.78, 5) is 13.2. The lowest BCUT2D eigenvalue weighted by molar-refractivity contribution is 0.684. The molecule has 0 atom stereocenters. The van der Waals surface area contributed by atoms with Crippen LogP contribution in [-0.2, 0) is 13.5 Å². The van der Waals surface area contributed by atoms with Gasteiger partial charge in [0.2, 0.25) is 0 Å². The fraction of sp³-hybridized carbons (Fsp3) is 0.455. The van der Waals surface area contributed by atoms with Crippen molar-refractivity contribution >= 4 is 17.6 Å². The van der Waals surface area contributed by atoms with Gasteiger partial charge >= 0.3 is 0 Å². The predicted octanol–water partition coefficient (Wildman–Crippen LogP) is 1.67. The topological polar surface area (TPSA) is 68.5 Å². The van der Waals surface area contributed by atoms with Gasteiger partial charge in [0.1, 0.15) is 23.0 Å². The van der Waals surface area contributed by atoms with E-state index in [4.69, 9.17) is 0 Å². The van der Waals surface area contributed by atoms with Gasteiger partial charge in [-0.15, -0.1) is 0 Å². The van der Waals surface area contributed by atoms with E-state index in [-0.39, 0.29) is 0 Å². The maximum absolute atomic E-state index is 4.55. The summed E-state index contributed by atoms with van der Waals surface area (Å²) in [5, 5.41) is 8.89. The molecule has 2 aromatic rings. The minimum absolute atomic E-state index is 0.807. The highest BCUT2D eigenvalue weighted by Crippen LogP contribution is 2.29. The number of nitrogens with zero attached hydrogens (tertiary/aromatic N) is 5. The van der Waals surface area contributed by atoms with Gasteiger partial charge in [-0.05, 0) is 18.7 Å². The van der Waals surface area contributed by atoms with Gasteiger partial charge in [-0.25, -0.2) is 19.6 Å². The van der Waals surface area contributed by atoms with Gasteiger partial charge in [-0.2, -0.15) is 5.10 Å². The van der Waals surface area contributed by atoms with Crippen molar-refractivity contribution in [1.29, 1.82) is 0 Å². The van der Waals surface area contributed by atoms with Crippen LogP contribution in [0.25, 0.3) is 0 Å². The molecule has 0 saturated carbocycles. The number of aromatic nitrogens is 5. The van der Waals surface area contributed by atoms with Gasteiger partial charge in [0, 0.05) is 26.1 Å². The van der Waals surface area contributed by atoms with E-state index in [9.17, 15) is 0 Å². The molecule has 0 saturated heterocycles. The van der Waals surface area contributed by atoms with Crippen LogP contribution in [0.3, 0.4) is 0 Å². The van der Waals surface area contributed by atoms with Crippen molar-refractivity contribution < 1.29 is 0 Å². The molecule has 0 amide bonds. The second-order valence-electron chi connectivity index (χ2n) is 3.79. The summed E-state index contributed by atoms with van der Waals surface area (Å²) < 4.78 is 1.73. The lowest BCUT2D eigenvalue weighted by atomic mass is 10.3. The van der Waals surface area contributed by atoms with E-state index < -0.39 is 0 Å². The smallest absolute Gasteiger partial charge is 0.192 e. The molecule has 2 rings (SSSR count). The third-order valence-electron chi connectivity index (χ3n) is 2.56. The van der Waals surface area contributed by atoms with E-state index >= 15 is 0 Å². The average molecular weight is 264 g/mol. The Bertz CT molecular complexity index is 550. The van der Waals surface area contributed by atoms with Crippen molar-refractivity contribution in [1.82, 2.24) is 24.7 Å². The zero-order valence-electron chi connectivity index (χ0n) is 10.9. The number of hydrogen-bond acceptors (Lipinski definition) is 6. The molecule has 96 valence electrons. The molecular formula is C11H16N6S. The molecule has 0 aliphatic heterocycles. The lowest BCUT2D eigenvalue weighted by Crippen LogP contribution is -2.04. The third kappa shape index (κ3) is 2.45. The standard InChI is InChI=1S/C11H16N6S/c1-5-8-15-9(12-3)7(2)10(16-8)18-11-13-6-14-17(11)4/h6H,5H2,1-4H3,(H,12,15,16). The first-order valence-electron chi connectivity index (χ1n) is 5.72. The Morgan fingerprint density at radius 1 is 1.39 bits per heavy atom. The molecule has 0 fully saturated rings. The summed E-state index contributed by atoms with van der Waals surface area (Å²) in [6, 6.07) is 0. The minimum Gasteiger partial charge on any atom is -0.373 e. The van der Waals surface area contributed by atoms with Crippen molar-refractivity contribution in [3.05, 3.63) is 17.7 Å². The van der Waals surface area contributed by atoms with Crippen LogP contribution >= 0.6 is 11.8 Å². The quantitative estimate of drug-likeness (QED) is 0.847. The van der Waals surface area contributed by atoms with Gasteiger partial charge in [-0.1, -0.05) is 6.92 Å². The first-order valence-corrected chi connectivity index (χ1v) is 6.54. The number of aryl methyl sites for hydroxylation is 2. The van der Waals surface area contributed by atoms with Crippen molar-refractivity contribution in [3.8, 4) is 0 Å². The van der Waals surface area contributed by atoms with Crippen molar-refractivity contribution in [2.24, 2.45) is 7.05 Å². The molecule has 7 heteroatoms. The summed E-state index contributed by atoms with van der Waals surface area (Å²) >= 11 is 1.50. The van der Waals surface area contributed by atoms with Gasteiger partial charge in [0.15, 0.2) is 5.16 Å². The Morgan fingerprint density at radius 2 is 2.17 bits per heavy atom. The van der Waals surface area contributed by atoms with Crippen LogP contribution in [0.5, 0.6) is 0 Å². The molecule has 2 aromatic heterocycles. The maximum atomic E-state index is 4.55. The summed E-state index contributed by atoms with van der Waals surface area (Å²) in [5.41, 5.74) is 1.03. The van der Waals surface area contributed by atoms with Crippen LogP contribution < -0.4 is 5.32 Å². The monoisotopic (exact) mass is 264 g/mol. The molecule has 0 spiro atoms. The Kier molecular flexibility index (Phi) is 3.81. The van der Waals surface area contributed by atoms with Crippen molar-refractivity contribution in [3.63, 3.8) is 0 Å². The molecule has 0 aliphatic carbocycles. The molecule has 2 heterocycles. The second kappa shape index (κ2) is 5.34.